The number of fused-ring (bicyclic) bond motifs is 1. The molecule has 2 fully saturated rings. The first-order chi connectivity index (χ1) is 15.2. The quantitative estimate of drug-likeness (QED) is 0.534. The van der Waals surface area contributed by atoms with Crippen LogP contribution in [0.2, 0.25) is 0 Å². The van der Waals surface area contributed by atoms with Crippen molar-refractivity contribution in [2.75, 3.05) is 31.2 Å². The third-order valence-electron chi connectivity index (χ3n) is 5.99. The van der Waals surface area contributed by atoms with Crippen LogP contribution in [-0.2, 0) is 15.7 Å². The molecule has 0 bridgehead atoms. The molecule has 0 radical (unpaired) electrons. The molecule has 32 heavy (non-hydrogen) atoms. The van der Waals surface area contributed by atoms with Crippen molar-refractivity contribution in [3.63, 3.8) is 0 Å². The SMILES string of the molecule is Cc1noc(-c2c(N3CCC4(CC3)OCCO4)nc3c(F)cc(C(F)(F)F)cc3c2C)n1. The first-order valence-electron chi connectivity index (χ1n) is 10.2. The number of ether oxygens (including phenoxy) is 2. The Morgan fingerprint density at radius 2 is 1.72 bits per heavy atom. The van der Waals surface area contributed by atoms with Crippen molar-refractivity contribution in [2.24, 2.45) is 0 Å². The lowest BCUT2D eigenvalue weighted by atomic mass is 9.98. The van der Waals surface area contributed by atoms with Crippen LogP contribution in [0, 0.1) is 19.7 Å². The van der Waals surface area contributed by atoms with Crippen molar-refractivity contribution in [1.82, 2.24) is 15.1 Å². The van der Waals surface area contributed by atoms with E-state index >= 15 is 0 Å². The lowest BCUT2D eigenvalue weighted by Gasteiger charge is -2.38. The highest BCUT2D eigenvalue weighted by atomic mass is 19.4. The Labute approximate surface area is 180 Å². The molecule has 0 aliphatic carbocycles. The van der Waals surface area contributed by atoms with Gasteiger partial charge in [-0.3, -0.25) is 0 Å². The Kier molecular flexibility index (Phi) is 4.86. The average Bonchev–Trinajstić information content (AvgIpc) is 3.37. The van der Waals surface area contributed by atoms with Crippen LogP contribution in [0.15, 0.2) is 16.7 Å². The molecule has 3 aromatic rings. The van der Waals surface area contributed by atoms with Crippen LogP contribution in [-0.4, -0.2) is 47.2 Å². The molecule has 2 aliphatic rings. The number of benzene rings is 1. The largest absolute Gasteiger partial charge is 0.416 e. The van der Waals surface area contributed by atoms with Gasteiger partial charge in [-0.2, -0.15) is 18.2 Å². The Balaban J connectivity index is 1.67. The van der Waals surface area contributed by atoms with E-state index in [-0.39, 0.29) is 16.8 Å². The minimum absolute atomic E-state index is 0.0443. The standard InChI is InChI=1S/C21H20F4N4O3/c1-11-14-9-13(21(23,24)25)10-15(22)17(14)27-18(16(11)19-26-12(2)28-32-19)29-5-3-20(4-6-29)30-7-8-31-20/h9-10H,3-8H2,1-2H3. The van der Waals surface area contributed by atoms with Gasteiger partial charge in [0.05, 0.1) is 24.3 Å². The van der Waals surface area contributed by atoms with Gasteiger partial charge in [-0.15, -0.1) is 0 Å². The number of alkyl halides is 3. The van der Waals surface area contributed by atoms with Crippen molar-refractivity contribution in [2.45, 2.75) is 38.7 Å². The first kappa shape index (κ1) is 21.1. The molecular weight excluding hydrogens is 432 g/mol. The fourth-order valence-corrected chi connectivity index (χ4v) is 4.35. The molecule has 11 heteroatoms. The van der Waals surface area contributed by atoms with Crippen LogP contribution < -0.4 is 4.90 Å². The van der Waals surface area contributed by atoms with Gasteiger partial charge in [-0.05, 0) is 31.5 Å². The molecule has 0 amide bonds. The number of pyridine rings is 1. The number of aromatic nitrogens is 3. The summed E-state index contributed by atoms with van der Waals surface area (Å²) >= 11 is 0. The van der Waals surface area contributed by atoms with Crippen LogP contribution >= 0.6 is 0 Å². The van der Waals surface area contributed by atoms with E-state index in [9.17, 15) is 17.6 Å². The van der Waals surface area contributed by atoms with Gasteiger partial charge in [0.25, 0.3) is 5.89 Å². The zero-order valence-electron chi connectivity index (χ0n) is 17.4. The molecule has 1 aromatic carbocycles. The van der Waals surface area contributed by atoms with Crippen molar-refractivity contribution >= 4 is 16.7 Å². The number of rotatable bonds is 2. The Hall–Kier alpha value is -2.79. The molecule has 2 aromatic heterocycles. The second kappa shape index (κ2) is 7.38. The van der Waals surface area contributed by atoms with Crippen molar-refractivity contribution in [3.05, 3.63) is 34.9 Å². The molecular formula is C21H20F4N4O3. The third kappa shape index (κ3) is 3.49. The molecule has 5 rings (SSSR count). The predicted octanol–water partition coefficient (Wildman–Crippen LogP) is 4.40. The van der Waals surface area contributed by atoms with E-state index in [0.717, 1.165) is 6.07 Å². The normalized spacial score (nSPS) is 18.8. The Morgan fingerprint density at radius 3 is 2.31 bits per heavy atom. The number of nitrogens with zero attached hydrogens (tertiary/aromatic N) is 4. The average molecular weight is 452 g/mol. The van der Waals surface area contributed by atoms with Gasteiger partial charge >= 0.3 is 6.18 Å². The number of anilines is 1. The summed E-state index contributed by atoms with van der Waals surface area (Å²) in [5.74, 6) is -0.799. The van der Waals surface area contributed by atoms with Gasteiger partial charge in [0.1, 0.15) is 17.2 Å². The summed E-state index contributed by atoms with van der Waals surface area (Å²) in [6, 6.07) is 1.38. The molecule has 2 saturated heterocycles. The molecule has 0 saturated carbocycles. The van der Waals surface area contributed by atoms with E-state index in [0.29, 0.717) is 68.0 Å². The number of piperidine rings is 1. The number of hydrogen-bond acceptors (Lipinski definition) is 7. The highest BCUT2D eigenvalue weighted by Gasteiger charge is 2.41. The maximum Gasteiger partial charge on any atom is 0.416 e. The summed E-state index contributed by atoms with van der Waals surface area (Å²) < 4.78 is 71.6. The van der Waals surface area contributed by atoms with E-state index < -0.39 is 23.3 Å². The fourth-order valence-electron chi connectivity index (χ4n) is 4.35. The maximum atomic E-state index is 14.8. The van der Waals surface area contributed by atoms with Crippen LogP contribution in [0.4, 0.5) is 23.4 Å². The molecule has 0 N–H and O–H groups in total. The van der Waals surface area contributed by atoms with Crippen molar-refractivity contribution < 1.29 is 31.6 Å². The van der Waals surface area contributed by atoms with Gasteiger partial charge in [0.2, 0.25) is 0 Å². The summed E-state index contributed by atoms with van der Waals surface area (Å²) in [7, 11) is 0. The first-order valence-corrected chi connectivity index (χ1v) is 10.2. The highest BCUT2D eigenvalue weighted by molar-refractivity contribution is 5.93. The molecule has 0 unspecified atom stereocenters. The van der Waals surface area contributed by atoms with Gasteiger partial charge in [0.15, 0.2) is 11.6 Å². The summed E-state index contributed by atoms with van der Waals surface area (Å²) in [5.41, 5.74) is -0.448. The second-order valence-electron chi connectivity index (χ2n) is 8.03. The molecule has 7 nitrogen and oxygen atoms in total. The van der Waals surface area contributed by atoms with Crippen LogP contribution in [0.25, 0.3) is 22.4 Å². The number of hydrogen-bond donors (Lipinski definition) is 0. The minimum Gasteiger partial charge on any atom is -0.356 e. The molecule has 170 valence electrons. The van der Waals surface area contributed by atoms with E-state index in [1.165, 1.54) is 0 Å². The highest BCUT2D eigenvalue weighted by Crippen LogP contribution is 2.41. The van der Waals surface area contributed by atoms with Crippen molar-refractivity contribution in [1.29, 1.82) is 0 Å². The lowest BCUT2D eigenvalue weighted by molar-refractivity contribution is -0.169. The van der Waals surface area contributed by atoms with Crippen LogP contribution in [0.5, 0.6) is 0 Å². The summed E-state index contributed by atoms with van der Waals surface area (Å²) in [6.07, 6.45) is -3.54. The van der Waals surface area contributed by atoms with Gasteiger partial charge in [-0.25, -0.2) is 9.37 Å². The summed E-state index contributed by atoms with van der Waals surface area (Å²) in [4.78, 5) is 10.6. The smallest absolute Gasteiger partial charge is 0.356 e. The molecule has 1 spiro atoms. The Bertz CT molecular complexity index is 1180. The fraction of sp³-hybridized carbons (Fsp3) is 0.476. The summed E-state index contributed by atoms with van der Waals surface area (Å²) in [5, 5.41) is 3.85. The molecule has 4 heterocycles. The predicted molar refractivity (Wildman–Crippen MR) is 106 cm³/mol. The van der Waals surface area contributed by atoms with Crippen LogP contribution in [0.3, 0.4) is 0 Å². The van der Waals surface area contributed by atoms with E-state index in [2.05, 4.69) is 15.1 Å². The zero-order chi connectivity index (χ0) is 22.7. The van der Waals surface area contributed by atoms with Crippen LogP contribution in [0.1, 0.15) is 29.8 Å². The monoisotopic (exact) mass is 452 g/mol. The zero-order valence-corrected chi connectivity index (χ0v) is 17.4. The Morgan fingerprint density at radius 1 is 1.03 bits per heavy atom. The number of halogens is 4. The van der Waals surface area contributed by atoms with Gasteiger partial charge < -0.3 is 18.9 Å². The van der Waals surface area contributed by atoms with Gasteiger partial charge in [0, 0.05) is 31.3 Å². The maximum absolute atomic E-state index is 14.8. The third-order valence-corrected chi connectivity index (χ3v) is 5.99. The summed E-state index contributed by atoms with van der Waals surface area (Å²) in [6.45, 7) is 5.31. The topological polar surface area (TPSA) is 73.5 Å². The number of aryl methyl sites for hydroxylation is 2. The van der Waals surface area contributed by atoms with Gasteiger partial charge in [-0.1, -0.05) is 5.16 Å². The van der Waals surface area contributed by atoms with E-state index in [1.807, 2.05) is 4.90 Å². The molecule has 2 aliphatic heterocycles. The lowest BCUT2D eigenvalue weighted by Crippen LogP contribution is -2.45. The van der Waals surface area contributed by atoms with E-state index in [4.69, 9.17) is 14.0 Å². The second-order valence-corrected chi connectivity index (χ2v) is 8.03. The molecule has 0 atom stereocenters. The van der Waals surface area contributed by atoms with Crippen molar-refractivity contribution in [3.8, 4) is 11.5 Å². The minimum atomic E-state index is -4.69. The van der Waals surface area contributed by atoms with E-state index in [1.54, 1.807) is 13.8 Å².